The van der Waals surface area contributed by atoms with Crippen LogP contribution in [0.2, 0.25) is 0 Å². The highest BCUT2D eigenvalue weighted by molar-refractivity contribution is 5.92. The predicted octanol–water partition coefficient (Wildman–Crippen LogP) is 0.104. The number of hydrogen-bond acceptors (Lipinski definition) is 5. The maximum absolute atomic E-state index is 11.7. The number of amides is 2. The van der Waals surface area contributed by atoms with E-state index in [2.05, 4.69) is 10.6 Å². The second-order valence-electron chi connectivity index (χ2n) is 3.98. The summed E-state index contributed by atoms with van der Waals surface area (Å²) in [5.41, 5.74) is 0.317. The van der Waals surface area contributed by atoms with Crippen molar-refractivity contribution in [2.24, 2.45) is 0 Å². The highest BCUT2D eigenvalue weighted by Crippen LogP contribution is 2.12. The molecule has 1 aromatic rings. The van der Waals surface area contributed by atoms with Crippen LogP contribution in [0.3, 0.4) is 0 Å². The Bertz CT molecular complexity index is 499. The second-order valence-corrected chi connectivity index (χ2v) is 3.98. The lowest BCUT2D eigenvalue weighted by Crippen LogP contribution is -2.37. The zero-order valence-electron chi connectivity index (χ0n) is 12.0. The maximum atomic E-state index is 11.7. The van der Waals surface area contributed by atoms with E-state index in [-0.39, 0.29) is 12.5 Å². The fourth-order valence-corrected chi connectivity index (χ4v) is 1.39. The van der Waals surface area contributed by atoms with Gasteiger partial charge in [0.15, 0.2) is 6.61 Å². The number of ether oxygens (including phenoxy) is 2. The Balaban J connectivity index is 2.39. The van der Waals surface area contributed by atoms with Gasteiger partial charge in [0.05, 0.1) is 18.7 Å². The van der Waals surface area contributed by atoms with Crippen molar-refractivity contribution in [1.82, 2.24) is 10.6 Å². The fraction of sp³-hybridized carbons (Fsp3) is 0.357. The highest BCUT2D eigenvalue weighted by atomic mass is 16.5. The second kappa shape index (κ2) is 8.57. The fourth-order valence-electron chi connectivity index (χ4n) is 1.39. The highest BCUT2D eigenvalue weighted by Gasteiger charge is 2.10. The third kappa shape index (κ3) is 5.94. The molecule has 0 spiro atoms. The summed E-state index contributed by atoms with van der Waals surface area (Å²) >= 11 is 0. The van der Waals surface area contributed by atoms with Crippen LogP contribution < -0.4 is 15.4 Å². The van der Waals surface area contributed by atoms with Crippen molar-refractivity contribution in [3.63, 3.8) is 0 Å². The molecule has 0 fully saturated rings. The van der Waals surface area contributed by atoms with Crippen LogP contribution in [0.25, 0.3) is 0 Å². The standard InChI is InChI=1S/C14H18N2O5/c1-3-20-11-6-4-10(5-7-11)14(19)21-9-13(18)16-8-12(17)15-2/h4-7H,3,8-9H2,1-2H3,(H,15,17)(H,16,18). The molecule has 0 saturated carbocycles. The lowest BCUT2D eigenvalue weighted by Gasteiger charge is -2.07. The Morgan fingerprint density at radius 2 is 1.76 bits per heavy atom. The Labute approximate surface area is 122 Å². The van der Waals surface area contributed by atoms with Gasteiger partial charge < -0.3 is 20.1 Å². The van der Waals surface area contributed by atoms with E-state index >= 15 is 0 Å². The number of esters is 1. The van der Waals surface area contributed by atoms with Crippen LogP contribution in [0.5, 0.6) is 5.75 Å². The Kier molecular flexibility index (Phi) is 6.73. The first-order chi connectivity index (χ1) is 10.1. The smallest absolute Gasteiger partial charge is 0.338 e. The van der Waals surface area contributed by atoms with Gasteiger partial charge in [-0.1, -0.05) is 0 Å². The van der Waals surface area contributed by atoms with Crippen molar-refractivity contribution < 1.29 is 23.9 Å². The zero-order chi connectivity index (χ0) is 15.7. The first kappa shape index (κ1) is 16.5. The van der Waals surface area contributed by atoms with Crippen molar-refractivity contribution in [3.05, 3.63) is 29.8 Å². The molecule has 0 saturated heterocycles. The predicted molar refractivity (Wildman–Crippen MR) is 75.0 cm³/mol. The number of nitrogens with one attached hydrogen (secondary N) is 2. The van der Waals surface area contributed by atoms with Crippen molar-refractivity contribution in [3.8, 4) is 5.75 Å². The van der Waals surface area contributed by atoms with E-state index in [0.29, 0.717) is 17.9 Å². The molecule has 21 heavy (non-hydrogen) atoms. The first-order valence-corrected chi connectivity index (χ1v) is 6.44. The van der Waals surface area contributed by atoms with Gasteiger partial charge in [0.1, 0.15) is 5.75 Å². The Morgan fingerprint density at radius 1 is 1.10 bits per heavy atom. The van der Waals surface area contributed by atoms with Crippen molar-refractivity contribution >= 4 is 17.8 Å². The maximum Gasteiger partial charge on any atom is 0.338 e. The van der Waals surface area contributed by atoms with E-state index in [9.17, 15) is 14.4 Å². The SMILES string of the molecule is CCOc1ccc(C(=O)OCC(=O)NCC(=O)NC)cc1. The molecule has 1 rings (SSSR count). The van der Waals surface area contributed by atoms with Gasteiger partial charge in [0.2, 0.25) is 5.91 Å². The molecule has 0 radical (unpaired) electrons. The van der Waals surface area contributed by atoms with Crippen LogP contribution in [-0.4, -0.2) is 44.6 Å². The summed E-state index contributed by atoms with van der Waals surface area (Å²) in [7, 11) is 1.46. The quantitative estimate of drug-likeness (QED) is 0.696. The van der Waals surface area contributed by atoms with Gasteiger partial charge >= 0.3 is 5.97 Å². The van der Waals surface area contributed by atoms with Gasteiger partial charge in [-0.2, -0.15) is 0 Å². The average Bonchev–Trinajstić information content (AvgIpc) is 2.51. The third-order valence-electron chi connectivity index (χ3n) is 2.46. The monoisotopic (exact) mass is 294 g/mol. The number of likely N-dealkylation sites (N-methyl/N-ethyl adjacent to an activating group) is 1. The summed E-state index contributed by atoms with van der Waals surface area (Å²) in [5.74, 6) is -0.843. The molecule has 0 aliphatic rings. The van der Waals surface area contributed by atoms with E-state index in [0.717, 1.165) is 0 Å². The largest absolute Gasteiger partial charge is 0.494 e. The van der Waals surface area contributed by atoms with E-state index in [1.54, 1.807) is 24.3 Å². The minimum Gasteiger partial charge on any atom is -0.494 e. The van der Waals surface area contributed by atoms with Gasteiger partial charge in [-0.05, 0) is 31.2 Å². The molecule has 0 aromatic heterocycles. The van der Waals surface area contributed by atoms with E-state index in [1.165, 1.54) is 7.05 Å². The molecule has 114 valence electrons. The normalized spacial score (nSPS) is 9.62. The van der Waals surface area contributed by atoms with E-state index < -0.39 is 18.5 Å². The molecule has 0 bridgehead atoms. The molecule has 0 aliphatic carbocycles. The molecule has 0 atom stereocenters. The molecule has 0 heterocycles. The zero-order valence-corrected chi connectivity index (χ0v) is 12.0. The number of carbonyl (C=O) groups is 3. The van der Waals surface area contributed by atoms with Gasteiger partial charge in [-0.3, -0.25) is 9.59 Å². The summed E-state index contributed by atoms with van der Waals surface area (Å²) in [4.78, 5) is 34.0. The molecular formula is C14H18N2O5. The van der Waals surface area contributed by atoms with E-state index in [4.69, 9.17) is 9.47 Å². The summed E-state index contributed by atoms with van der Waals surface area (Å²) in [6, 6.07) is 6.39. The summed E-state index contributed by atoms with van der Waals surface area (Å²) < 4.78 is 10.1. The van der Waals surface area contributed by atoms with Crippen LogP contribution >= 0.6 is 0 Å². The van der Waals surface area contributed by atoms with Crippen LogP contribution in [0.15, 0.2) is 24.3 Å². The minimum absolute atomic E-state index is 0.157. The average molecular weight is 294 g/mol. The summed E-state index contributed by atoms with van der Waals surface area (Å²) in [5, 5.41) is 4.67. The third-order valence-corrected chi connectivity index (χ3v) is 2.46. The van der Waals surface area contributed by atoms with Gasteiger partial charge in [-0.25, -0.2) is 4.79 Å². The number of hydrogen-bond donors (Lipinski definition) is 2. The number of rotatable bonds is 7. The topological polar surface area (TPSA) is 93.7 Å². The summed E-state index contributed by atoms with van der Waals surface area (Å²) in [6.07, 6.45) is 0. The van der Waals surface area contributed by atoms with Crippen molar-refractivity contribution in [2.75, 3.05) is 26.8 Å². The Morgan fingerprint density at radius 3 is 2.33 bits per heavy atom. The first-order valence-electron chi connectivity index (χ1n) is 6.44. The molecule has 7 nitrogen and oxygen atoms in total. The van der Waals surface area contributed by atoms with Crippen LogP contribution in [0.4, 0.5) is 0 Å². The van der Waals surface area contributed by atoms with E-state index in [1.807, 2.05) is 6.92 Å². The molecule has 0 unspecified atom stereocenters. The molecule has 7 heteroatoms. The van der Waals surface area contributed by atoms with Gasteiger partial charge in [0.25, 0.3) is 5.91 Å². The minimum atomic E-state index is -0.617. The van der Waals surface area contributed by atoms with Gasteiger partial charge in [-0.15, -0.1) is 0 Å². The van der Waals surface area contributed by atoms with Crippen molar-refractivity contribution in [2.45, 2.75) is 6.92 Å². The number of benzene rings is 1. The molecule has 0 aliphatic heterocycles. The van der Waals surface area contributed by atoms with Crippen molar-refractivity contribution in [1.29, 1.82) is 0 Å². The molecular weight excluding hydrogens is 276 g/mol. The lowest BCUT2D eigenvalue weighted by atomic mass is 10.2. The van der Waals surface area contributed by atoms with Crippen LogP contribution in [-0.2, 0) is 14.3 Å². The molecule has 2 amide bonds. The number of carbonyl (C=O) groups excluding carboxylic acids is 3. The Hall–Kier alpha value is -2.57. The molecule has 1 aromatic carbocycles. The summed E-state index contributed by atoms with van der Waals surface area (Å²) in [6.45, 7) is 1.80. The lowest BCUT2D eigenvalue weighted by molar-refractivity contribution is -0.127. The molecule has 2 N–H and O–H groups in total. The van der Waals surface area contributed by atoms with Gasteiger partial charge in [0, 0.05) is 7.05 Å². The van der Waals surface area contributed by atoms with Crippen LogP contribution in [0.1, 0.15) is 17.3 Å². The van der Waals surface area contributed by atoms with Crippen LogP contribution in [0, 0.1) is 0 Å².